The van der Waals surface area contributed by atoms with Gasteiger partial charge < -0.3 is 20.6 Å². The molecule has 0 bridgehead atoms. The van der Waals surface area contributed by atoms with Crippen LogP contribution in [0.5, 0.6) is 0 Å². The predicted molar refractivity (Wildman–Crippen MR) is 85.4 cm³/mol. The molecule has 11 heteroatoms. The smallest absolute Gasteiger partial charge is 0.268 e. The van der Waals surface area contributed by atoms with Crippen molar-refractivity contribution in [3.8, 4) is 0 Å². The Morgan fingerprint density at radius 3 is 2.80 bits per heavy atom. The number of hydrogen-bond donors (Lipinski definition) is 2. The van der Waals surface area contributed by atoms with Crippen molar-refractivity contribution < 1.29 is 14.7 Å². The molecular formula is C14H18N8O3. The summed E-state index contributed by atoms with van der Waals surface area (Å²) in [5.74, 6) is -0.404. The SMILES string of the molecule is NC(=O)c1cncc(N2CCN(C(=O)Cn3cncn3)C[C@@H](O)C2)n1. The van der Waals surface area contributed by atoms with Gasteiger partial charge in [0.1, 0.15) is 30.7 Å². The molecule has 2 amide bonds. The number of carbonyl (C=O) groups excluding carboxylic acids is 2. The lowest BCUT2D eigenvalue weighted by Crippen LogP contribution is -2.39. The van der Waals surface area contributed by atoms with Crippen molar-refractivity contribution in [2.24, 2.45) is 5.73 Å². The van der Waals surface area contributed by atoms with Crippen LogP contribution in [-0.4, -0.2) is 78.8 Å². The number of nitrogens with zero attached hydrogens (tertiary/aromatic N) is 7. The van der Waals surface area contributed by atoms with E-state index in [1.54, 1.807) is 9.80 Å². The van der Waals surface area contributed by atoms with Crippen LogP contribution in [0.2, 0.25) is 0 Å². The summed E-state index contributed by atoms with van der Waals surface area (Å²) in [5, 5.41) is 14.1. The predicted octanol–water partition coefficient (Wildman–Crippen LogP) is -2.12. The zero-order valence-corrected chi connectivity index (χ0v) is 13.4. The molecule has 0 aromatic carbocycles. The van der Waals surface area contributed by atoms with Crippen LogP contribution in [-0.2, 0) is 11.3 Å². The summed E-state index contributed by atoms with van der Waals surface area (Å²) in [5.41, 5.74) is 5.27. The number of aliphatic hydroxyl groups excluding tert-OH is 1. The molecule has 1 atom stereocenters. The molecule has 11 nitrogen and oxygen atoms in total. The van der Waals surface area contributed by atoms with Crippen LogP contribution in [0.4, 0.5) is 5.82 Å². The number of anilines is 1. The molecule has 0 unspecified atom stereocenters. The normalized spacial score (nSPS) is 18.0. The summed E-state index contributed by atoms with van der Waals surface area (Å²) < 4.78 is 1.43. The first-order valence-corrected chi connectivity index (χ1v) is 7.68. The molecule has 0 aliphatic carbocycles. The van der Waals surface area contributed by atoms with Gasteiger partial charge in [-0.3, -0.25) is 14.6 Å². The van der Waals surface area contributed by atoms with E-state index in [1.807, 2.05) is 0 Å². The molecule has 1 fully saturated rings. The van der Waals surface area contributed by atoms with Gasteiger partial charge in [0.2, 0.25) is 5.91 Å². The molecule has 1 saturated heterocycles. The number of rotatable bonds is 4. The second kappa shape index (κ2) is 7.21. The van der Waals surface area contributed by atoms with Crippen molar-refractivity contribution >= 4 is 17.6 Å². The van der Waals surface area contributed by atoms with Crippen LogP contribution in [0, 0.1) is 0 Å². The van der Waals surface area contributed by atoms with Gasteiger partial charge in [0.05, 0.1) is 18.5 Å². The summed E-state index contributed by atoms with van der Waals surface area (Å²) in [4.78, 5) is 38.9. The molecule has 132 valence electrons. The highest BCUT2D eigenvalue weighted by atomic mass is 16.3. The molecule has 3 heterocycles. The minimum absolute atomic E-state index is 0.0513. The number of aliphatic hydroxyl groups is 1. The number of primary amides is 1. The molecule has 3 rings (SSSR count). The lowest BCUT2D eigenvalue weighted by Gasteiger charge is -2.22. The van der Waals surface area contributed by atoms with Crippen LogP contribution < -0.4 is 10.6 Å². The Labute approximate surface area is 143 Å². The molecule has 0 radical (unpaired) electrons. The Balaban J connectivity index is 1.69. The van der Waals surface area contributed by atoms with Crippen molar-refractivity contribution in [3.05, 3.63) is 30.7 Å². The lowest BCUT2D eigenvalue weighted by atomic mass is 10.3. The Bertz CT molecular complexity index is 750. The van der Waals surface area contributed by atoms with Gasteiger partial charge in [-0.25, -0.2) is 14.6 Å². The summed E-state index contributed by atoms with van der Waals surface area (Å²) in [6.07, 6.45) is 4.83. The Morgan fingerprint density at radius 2 is 2.08 bits per heavy atom. The Hall–Kier alpha value is -3.08. The third-order valence-electron chi connectivity index (χ3n) is 3.82. The lowest BCUT2D eigenvalue weighted by molar-refractivity contribution is -0.132. The van der Waals surface area contributed by atoms with E-state index in [0.717, 1.165) is 0 Å². The molecule has 1 aliphatic heterocycles. The van der Waals surface area contributed by atoms with Crippen LogP contribution in [0.25, 0.3) is 0 Å². The van der Waals surface area contributed by atoms with Crippen molar-refractivity contribution in [3.63, 3.8) is 0 Å². The summed E-state index contributed by atoms with van der Waals surface area (Å²) in [6.45, 7) is 1.37. The largest absolute Gasteiger partial charge is 0.389 e. The number of amides is 2. The highest BCUT2D eigenvalue weighted by molar-refractivity contribution is 5.90. The summed E-state index contributed by atoms with van der Waals surface area (Å²) in [6, 6.07) is 0. The Morgan fingerprint density at radius 1 is 1.24 bits per heavy atom. The van der Waals surface area contributed by atoms with Gasteiger partial charge in [-0.2, -0.15) is 5.10 Å². The highest BCUT2D eigenvalue weighted by Crippen LogP contribution is 2.14. The van der Waals surface area contributed by atoms with E-state index in [4.69, 9.17) is 5.73 Å². The van der Waals surface area contributed by atoms with Gasteiger partial charge in [-0.05, 0) is 0 Å². The van der Waals surface area contributed by atoms with E-state index in [1.165, 1.54) is 29.7 Å². The number of carbonyl (C=O) groups is 2. The fourth-order valence-electron chi connectivity index (χ4n) is 2.60. The van der Waals surface area contributed by atoms with Crippen LogP contribution in [0.15, 0.2) is 25.0 Å². The zero-order valence-electron chi connectivity index (χ0n) is 13.4. The van der Waals surface area contributed by atoms with Crippen LogP contribution in [0.3, 0.4) is 0 Å². The van der Waals surface area contributed by atoms with Gasteiger partial charge >= 0.3 is 0 Å². The van der Waals surface area contributed by atoms with Crippen molar-refractivity contribution in [1.29, 1.82) is 0 Å². The minimum atomic E-state index is -0.763. The second-order valence-corrected chi connectivity index (χ2v) is 5.66. The number of β-amino-alcohol motifs (C(OH)–C–C–N with tert-alkyl or cyclic N) is 1. The van der Waals surface area contributed by atoms with Gasteiger partial charge in [0.25, 0.3) is 5.91 Å². The number of nitrogens with two attached hydrogens (primary N) is 1. The third-order valence-corrected chi connectivity index (χ3v) is 3.82. The molecule has 1 aliphatic rings. The van der Waals surface area contributed by atoms with Gasteiger partial charge in [-0.1, -0.05) is 0 Å². The monoisotopic (exact) mass is 346 g/mol. The van der Waals surface area contributed by atoms with Crippen LogP contribution in [0.1, 0.15) is 10.5 Å². The average molecular weight is 346 g/mol. The summed E-state index contributed by atoms with van der Waals surface area (Å²) >= 11 is 0. The maximum atomic E-state index is 12.4. The average Bonchev–Trinajstić information content (AvgIpc) is 3.01. The fraction of sp³-hybridized carbons (Fsp3) is 0.429. The first kappa shape index (κ1) is 16.8. The second-order valence-electron chi connectivity index (χ2n) is 5.66. The first-order valence-electron chi connectivity index (χ1n) is 7.68. The van der Waals surface area contributed by atoms with E-state index >= 15 is 0 Å². The van der Waals surface area contributed by atoms with Crippen molar-refractivity contribution in [2.75, 3.05) is 31.1 Å². The number of hydrogen-bond acceptors (Lipinski definition) is 8. The molecular weight excluding hydrogens is 328 g/mol. The van der Waals surface area contributed by atoms with E-state index in [9.17, 15) is 14.7 Å². The van der Waals surface area contributed by atoms with E-state index in [0.29, 0.717) is 18.9 Å². The molecule has 2 aromatic heterocycles. The first-order chi connectivity index (χ1) is 12.0. The van der Waals surface area contributed by atoms with E-state index < -0.39 is 12.0 Å². The quantitative estimate of drug-likeness (QED) is 0.639. The van der Waals surface area contributed by atoms with Gasteiger partial charge in [0.15, 0.2) is 0 Å². The molecule has 25 heavy (non-hydrogen) atoms. The molecule has 0 saturated carbocycles. The molecule has 0 spiro atoms. The minimum Gasteiger partial charge on any atom is -0.389 e. The zero-order chi connectivity index (χ0) is 17.8. The van der Waals surface area contributed by atoms with Crippen LogP contribution >= 0.6 is 0 Å². The molecule has 3 N–H and O–H groups in total. The van der Waals surface area contributed by atoms with Crippen molar-refractivity contribution in [2.45, 2.75) is 12.6 Å². The molecule has 2 aromatic rings. The fourth-order valence-corrected chi connectivity index (χ4v) is 2.60. The maximum absolute atomic E-state index is 12.4. The summed E-state index contributed by atoms with van der Waals surface area (Å²) in [7, 11) is 0. The standard InChI is InChI=1S/C14H18N8O3/c15-14(25)11-3-16-4-12(19-11)20-1-2-21(6-10(23)5-20)13(24)7-22-9-17-8-18-22/h3-4,8-10,23H,1-2,5-7H2,(H2,15,25)/t10-/m0/s1. The topological polar surface area (TPSA) is 143 Å². The number of aromatic nitrogens is 5. The highest BCUT2D eigenvalue weighted by Gasteiger charge is 2.25. The third kappa shape index (κ3) is 4.07. The Kier molecular flexibility index (Phi) is 4.84. The van der Waals surface area contributed by atoms with Gasteiger partial charge in [-0.15, -0.1) is 0 Å². The van der Waals surface area contributed by atoms with E-state index in [-0.39, 0.29) is 31.2 Å². The maximum Gasteiger partial charge on any atom is 0.268 e. The van der Waals surface area contributed by atoms with Crippen molar-refractivity contribution in [1.82, 2.24) is 29.6 Å². The van der Waals surface area contributed by atoms with Gasteiger partial charge in [0, 0.05) is 26.2 Å². The van der Waals surface area contributed by atoms with E-state index in [2.05, 4.69) is 20.1 Å².